The van der Waals surface area contributed by atoms with Crippen LogP contribution in [0.25, 0.3) is 0 Å². The van der Waals surface area contributed by atoms with E-state index in [1.807, 2.05) is 18.7 Å². The largest absolute Gasteiger partial charge is 0.457 e. The van der Waals surface area contributed by atoms with Crippen molar-refractivity contribution in [3.05, 3.63) is 42.0 Å². The SMILES string of the molecule is C=C1C(=O)C23C(CCC1[C@H]2OC(=O)c1ccc(N(CCCl)CCCl)cc1)C12CO[C@@]3(O)[C@@H](O)[C@@H]1C(C)(C)CCC2=O. The minimum atomic E-state index is -2.33. The fourth-order valence-corrected chi connectivity index (χ4v) is 9.74. The summed E-state index contributed by atoms with van der Waals surface area (Å²) in [6.45, 7) is 9.15. The van der Waals surface area contributed by atoms with Gasteiger partial charge in [0.1, 0.15) is 23.4 Å². The molecular formula is C31H37Cl2NO7. The fraction of sp³-hybridized carbons (Fsp3) is 0.645. The first kappa shape index (κ1) is 29.1. The third-order valence-corrected chi connectivity index (χ3v) is 11.4. The molecule has 2 aliphatic heterocycles. The highest BCUT2D eigenvalue weighted by atomic mass is 35.5. The van der Waals surface area contributed by atoms with E-state index in [0.717, 1.165) is 5.69 Å². The van der Waals surface area contributed by atoms with Crippen LogP contribution < -0.4 is 4.90 Å². The van der Waals surface area contributed by atoms with Gasteiger partial charge in [-0.3, -0.25) is 9.59 Å². The molecule has 222 valence electrons. The molecule has 4 bridgehead atoms. The molecule has 6 fully saturated rings. The van der Waals surface area contributed by atoms with Crippen molar-refractivity contribution in [1.82, 2.24) is 0 Å². The van der Waals surface area contributed by atoms with Crippen molar-refractivity contribution >= 4 is 46.4 Å². The smallest absolute Gasteiger partial charge is 0.338 e. The summed E-state index contributed by atoms with van der Waals surface area (Å²) < 4.78 is 12.2. The molecule has 1 aromatic rings. The van der Waals surface area contributed by atoms with Gasteiger partial charge < -0.3 is 24.6 Å². The van der Waals surface area contributed by atoms with Crippen molar-refractivity contribution in [1.29, 1.82) is 0 Å². The number of carbonyl (C=O) groups is 3. The average molecular weight is 607 g/mol. The van der Waals surface area contributed by atoms with Gasteiger partial charge in [0, 0.05) is 48.8 Å². The van der Waals surface area contributed by atoms with E-state index in [4.69, 9.17) is 32.7 Å². The highest BCUT2D eigenvalue weighted by molar-refractivity contribution is 6.18. The van der Waals surface area contributed by atoms with E-state index in [2.05, 4.69) is 6.58 Å². The number of aliphatic hydroxyl groups excluding tert-OH is 1. The molecule has 2 N–H and O–H groups in total. The first-order chi connectivity index (χ1) is 19.4. The van der Waals surface area contributed by atoms with E-state index in [1.54, 1.807) is 24.3 Å². The number of hydrogen-bond acceptors (Lipinski definition) is 8. The van der Waals surface area contributed by atoms with Crippen LogP contribution in [0, 0.1) is 34.0 Å². The molecule has 0 aromatic heterocycles. The Morgan fingerprint density at radius 3 is 2.44 bits per heavy atom. The number of esters is 1. The first-order valence-corrected chi connectivity index (χ1v) is 15.5. The summed E-state index contributed by atoms with van der Waals surface area (Å²) in [6.07, 6.45) is -0.843. The van der Waals surface area contributed by atoms with Crippen LogP contribution in [0.2, 0.25) is 0 Å². The number of anilines is 1. The summed E-state index contributed by atoms with van der Waals surface area (Å²) in [4.78, 5) is 43.7. The molecule has 2 spiro atoms. The number of fused-ring (bicyclic) bond motifs is 2. The summed E-state index contributed by atoms with van der Waals surface area (Å²) in [6, 6.07) is 6.84. The Hall–Kier alpha value is -1.97. The number of alkyl halides is 2. The standard InChI is InChI=1S/C31H37Cl2NO7/c1-17-20-8-9-21-29-16-40-31(39,25(37)23(29)28(2,3)11-10-22(29)35)30(21,24(17)36)26(20)41-27(38)18-4-6-19(7-5-18)34(14-12-32)15-13-33/h4-7,20-21,23,25-26,37,39H,1,8-16H2,2-3H3/t20?,21?,23-,25+,26-,29?,30?,31+/m1/s1. The number of rotatable bonds is 7. The molecule has 1 aromatic carbocycles. The van der Waals surface area contributed by atoms with Gasteiger partial charge in [0.15, 0.2) is 5.78 Å². The number of aliphatic hydroxyl groups is 2. The lowest BCUT2D eigenvalue weighted by atomic mass is 9.36. The highest BCUT2D eigenvalue weighted by Crippen LogP contribution is 2.76. The van der Waals surface area contributed by atoms with E-state index in [0.29, 0.717) is 50.5 Å². The second kappa shape index (κ2) is 9.78. The van der Waals surface area contributed by atoms with Gasteiger partial charge in [-0.1, -0.05) is 20.4 Å². The number of nitrogens with zero attached hydrogens (tertiary/aromatic N) is 1. The van der Waals surface area contributed by atoms with E-state index < -0.39 is 63.7 Å². The van der Waals surface area contributed by atoms with Crippen molar-refractivity contribution in [2.45, 2.75) is 57.5 Å². The van der Waals surface area contributed by atoms with Crippen LogP contribution in [0.1, 0.15) is 49.9 Å². The predicted molar refractivity (Wildman–Crippen MR) is 153 cm³/mol. The Balaban J connectivity index is 1.40. The minimum absolute atomic E-state index is 0.0603. The second-order valence-electron chi connectivity index (χ2n) is 13.1. The van der Waals surface area contributed by atoms with Crippen LogP contribution in [0.5, 0.6) is 0 Å². The number of halogens is 2. The molecule has 41 heavy (non-hydrogen) atoms. The Morgan fingerprint density at radius 1 is 1.15 bits per heavy atom. The summed E-state index contributed by atoms with van der Waals surface area (Å²) >= 11 is 11.9. The molecule has 8 atom stereocenters. The molecule has 0 radical (unpaired) electrons. The van der Waals surface area contributed by atoms with Gasteiger partial charge in [0.25, 0.3) is 0 Å². The fourth-order valence-electron chi connectivity index (χ4n) is 9.33. The summed E-state index contributed by atoms with van der Waals surface area (Å²) in [5.74, 6) is -4.50. The topological polar surface area (TPSA) is 113 Å². The molecule has 7 rings (SSSR count). The highest BCUT2D eigenvalue weighted by Gasteiger charge is 2.88. The molecule has 2 saturated heterocycles. The van der Waals surface area contributed by atoms with Crippen LogP contribution in [0.15, 0.2) is 36.4 Å². The van der Waals surface area contributed by atoms with Crippen LogP contribution in [-0.2, 0) is 19.1 Å². The number of hydrogen-bond donors (Lipinski definition) is 2. The molecule has 4 unspecified atom stereocenters. The van der Waals surface area contributed by atoms with Gasteiger partial charge in [0.2, 0.25) is 5.79 Å². The van der Waals surface area contributed by atoms with E-state index >= 15 is 0 Å². The van der Waals surface area contributed by atoms with Crippen LogP contribution in [-0.4, -0.2) is 77.2 Å². The number of Topliss-reactive ketones (excluding diaryl/α,β-unsaturated/α-hetero) is 2. The average Bonchev–Trinajstić information content (AvgIpc) is 3.06. The van der Waals surface area contributed by atoms with E-state index in [1.165, 1.54) is 0 Å². The number of carbonyl (C=O) groups excluding carboxylic acids is 3. The molecule has 4 aliphatic carbocycles. The van der Waals surface area contributed by atoms with Crippen molar-refractivity contribution in [2.75, 3.05) is 36.4 Å². The molecule has 6 aliphatic rings. The van der Waals surface area contributed by atoms with Gasteiger partial charge in [-0.05, 0) is 60.4 Å². The van der Waals surface area contributed by atoms with Crippen LogP contribution in [0.4, 0.5) is 5.69 Å². The molecule has 4 saturated carbocycles. The third-order valence-electron chi connectivity index (χ3n) is 11.0. The van der Waals surface area contributed by atoms with Gasteiger partial charge in [-0.15, -0.1) is 23.2 Å². The zero-order chi connectivity index (χ0) is 29.5. The second-order valence-corrected chi connectivity index (χ2v) is 13.8. The maximum absolute atomic E-state index is 14.2. The Bertz CT molecular complexity index is 1290. The Morgan fingerprint density at radius 2 is 1.80 bits per heavy atom. The third kappa shape index (κ3) is 3.60. The van der Waals surface area contributed by atoms with Crippen molar-refractivity contribution in [2.24, 2.45) is 34.0 Å². The quantitative estimate of drug-likeness (QED) is 0.274. The number of ether oxygens (including phenoxy) is 2. The zero-order valence-electron chi connectivity index (χ0n) is 23.4. The molecule has 10 heteroatoms. The predicted octanol–water partition coefficient (Wildman–Crippen LogP) is 3.73. The lowest BCUT2D eigenvalue weighted by molar-refractivity contribution is -0.436. The van der Waals surface area contributed by atoms with E-state index in [9.17, 15) is 24.6 Å². The monoisotopic (exact) mass is 605 g/mol. The summed E-state index contributed by atoms with van der Waals surface area (Å²) in [5.41, 5.74) is -2.11. The van der Waals surface area contributed by atoms with Gasteiger partial charge in [0.05, 0.1) is 17.6 Å². The lowest BCUT2D eigenvalue weighted by Crippen LogP contribution is -2.85. The zero-order valence-corrected chi connectivity index (χ0v) is 24.9. The molecule has 2 heterocycles. The van der Waals surface area contributed by atoms with Gasteiger partial charge >= 0.3 is 5.97 Å². The van der Waals surface area contributed by atoms with Crippen molar-refractivity contribution < 1.29 is 34.1 Å². The van der Waals surface area contributed by atoms with E-state index in [-0.39, 0.29) is 23.5 Å². The molecule has 8 nitrogen and oxygen atoms in total. The first-order valence-electron chi connectivity index (χ1n) is 14.4. The maximum atomic E-state index is 14.2. The molecular weight excluding hydrogens is 569 g/mol. The Labute approximate surface area is 250 Å². The van der Waals surface area contributed by atoms with Crippen LogP contribution >= 0.6 is 23.2 Å². The Kier molecular flexibility index (Phi) is 6.94. The summed E-state index contributed by atoms with van der Waals surface area (Å²) in [5, 5.41) is 24.1. The maximum Gasteiger partial charge on any atom is 0.338 e. The number of ketones is 2. The summed E-state index contributed by atoms with van der Waals surface area (Å²) in [7, 11) is 0. The minimum Gasteiger partial charge on any atom is -0.457 e. The molecule has 0 amide bonds. The number of benzene rings is 1. The van der Waals surface area contributed by atoms with Crippen LogP contribution in [0.3, 0.4) is 0 Å². The van der Waals surface area contributed by atoms with Gasteiger partial charge in [-0.25, -0.2) is 4.79 Å². The lowest BCUT2D eigenvalue weighted by Gasteiger charge is -2.72. The normalized spacial score (nSPS) is 40.2. The van der Waals surface area contributed by atoms with Crippen molar-refractivity contribution in [3.63, 3.8) is 0 Å². The van der Waals surface area contributed by atoms with Crippen molar-refractivity contribution in [3.8, 4) is 0 Å². The van der Waals surface area contributed by atoms with Gasteiger partial charge in [-0.2, -0.15) is 0 Å².